The molecule has 1 amide bonds. The van der Waals surface area contributed by atoms with Crippen LogP contribution in [-0.2, 0) is 4.79 Å². The molecular formula is C13H8BrN3OS. The summed E-state index contributed by atoms with van der Waals surface area (Å²) in [7, 11) is 0. The summed E-state index contributed by atoms with van der Waals surface area (Å²) in [4.78, 5) is 15.8. The van der Waals surface area contributed by atoms with Crippen LogP contribution in [0.3, 0.4) is 0 Å². The van der Waals surface area contributed by atoms with Crippen LogP contribution in [0.15, 0.2) is 45.9 Å². The first-order valence-corrected chi connectivity index (χ1v) is 6.94. The van der Waals surface area contributed by atoms with Gasteiger partial charge < -0.3 is 0 Å². The van der Waals surface area contributed by atoms with Gasteiger partial charge in [0.1, 0.15) is 11.6 Å². The molecule has 0 radical (unpaired) electrons. The van der Waals surface area contributed by atoms with E-state index in [0.717, 1.165) is 10.0 Å². The summed E-state index contributed by atoms with van der Waals surface area (Å²) in [5, 5.41) is 13.8. The van der Waals surface area contributed by atoms with Gasteiger partial charge in [-0.2, -0.15) is 5.26 Å². The monoisotopic (exact) mass is 333 g/mol. The standard InChI is InChI=1S/C13H8BrN3OS/c14-11-3-1-2-9(7-11)6-10(8-15)12(18)17-13-16-4-5-19-13/h1-7H,(H,16,17,18). The van der Waals surface area contributed by atoms with Crippen LogP contribution in [0.25, 0.3) is 6.08 Å². The number of carbonyl (C=O) groups excluding carboxylic acids is 1. The molecule has 0 aliphatic rings. The molecule has 0 unspecified atom stereocenters. The smallest absolute Gasteiger partial charge is 0.268 e. The summed E-state index contributed by atoms with van der Waals surface area (Å²) in [6.45, 7) is 0. The maximum absolute atomic E-state index is 11.9. The van der Waals surface area contributed by atoms with Crippen LogP contribution in [0.2, 0.25) is 0 Å². The summed E-state index contributed by atoms with van der Waals surface area (Å²) < 4.78 is 0.888. The van der Waals surface area contributed by atoms with E-state index in [9.17, 15) is 4.79 Å². The second-order valence-corrected chi connectivity index (χ2v) is 5.33. The van der Waals surface area contributed by atoms with E-state index in [-0.39, 0.29) is 5.57 Å². The fourth-order valence-electron chi connectivity index (χ4n) is 1.36. The molecule has 94 valence electrons. The van der Waals surface area contributed by atoms with E-state index in [2.05, 4.69) is 26.2 Å². The molecule has 1 N–H and O–H groups in total. The zero-order valence-electron chi connectivity index (χ0n) is 9.63. The third kappa shape index (κ3) is 3.74. The van der Waals surface area contributed by atoms with Gasteiger partial charge in [0.25, 0.3) is 5.91 Å². The molecule has 1 aromatic carbocycles. The van der Waals surface area contributed by atoms with Crippen LogP contribution in [0, 0.1) is 11.3 Å². The van der Waals surface area contributed by atoms with E-state index in [1.807, 2.05) is 30.3 Å². The number of hydrogen-bond acceptors (Lipinski definition) is 4. The molecule has 19 heavy (non-hydrogen) atoms. The van der Waals surface area contributed by atoms with Crippen LogP contribution in [-0.4, -0.2) is 10.9 Å². The van der Waals surface area contributed by atoms with Gasteiger partial charge in [0.05, 0.1) is 0 Å². The molecule has 2 rings (SSSR count). The van der Waals surface area contributed by atoms with Crippen molar-refractivity contribution in [3.05, 3.63) is 51.5 Å². The molecule has 0 bridgehead atoms. The number of nitriles is 1. The van der Waals surface area contributed by atoms with Gasteiger partial charge in [0.15, 0.2) is 5.13 Å². The number of nitrogens with zero attached hydrogens (tertiary/aromatic N) is 2. The van der Waals surface area contributed by atoms with E-state index in [1.54, 1.807) is 11.6 Å². The second kappa shape index (κ2) is 6.27. The van der Waals surface area contributed by atoms with Crippen LogP contribution >= 0.6 is 27.3 Å². The molecule has 1 aromatic heterocycles. The van der Waals surface area contributed by atoms with E-state index in [0.29, 0.717) is 5.13 Å². The SMILES string of the molecule is N#CC(=Cc1cccc(Br)c1)C(=O)Nc1nccs1. The van der Waals surface area contributed by atoms with Gasteiger partial charge in [-0.25, -0.2) is 4.98 Å². The van der Waals surface area contributed by atoms with E-state index >= 15 is 0 Å². The largest absolute Gasteiger partial charge is 0.297 e. The quantitative estimate of drug-likeness (QED) is 0.691. The van der Waals surface area contributed by atoms with E-state index in [1.165, 1.54) is 17.4 Å². The van der Waals surface area contributed by atoms with Gasteiger partial charge >= 0.3 is 0 Å². The maximum Gasteiger partial charge on any atom is 0.268 e. The number of nitrogens with one attached hydrogen (secondary N) is 1. The van der Waals surface area contributed by atoms with Crippen molar-refractivity contribution in [2.24, 2.45) is 0 Å². The van der Waals surface area contributed by atoms with E-state index in [4.69, 9.17) is 5.26 Å². The minimum atomic E-state index is -0.461. The molecule has 0 fully saturated rings. The van der Waals surface area contributed by atoms with Gasteiger partial charge in [-0.15, -0.1) is 11.3 Å². The number of amides is 1. The number of aromatic nitrogens is 1. The number of halogens is 1. The molecule has 0 atom stereocenters. The van der Waals surface area contributed by atoms with Crippen molar-refractivity contribution in [1.82, 2.24) is 4.98 Å². The molecule has 0 aliphatic carbocycles. The minimum Gasteiger partial charge on any atom is -0.297 e. The molecule has 0 saturated carbocycles. The third-order valence-electron chi connectivity index (χ3n) is 2.18. The fourth-order valence-corrected chi connectivity index (χ4v) is 2.30. The Bertz CT molecular complexity index is 659. The van der Waals surface area contributed by atoms with Gasteiger partial charge in [0.2, 0.25) is 0 Å². The first-order valence-electron chi connectivity index (χ1n) is 5.27. The molecular weight excluding hydrogens is 326 g/mol. The molecule has 0 spiro atoms. The van der Waals surface area contributed by atoms with Crippen LogP contribution in [0.5, 0.6) is 0 Å². The highest BCUT2D eigenvalue weighted by atomic mass is 79.9. The van der Waals surface area contributed by atoms with Crippen LogP contribution < -0.4 is 5.32 Å². The topological polar surface area (TPSA) is 65.8 Å². The molecule has 0 aliphatic heterocycles. The van der Waals surface area contributed by atoms with Gasteiger partial charge in [-0.1, -0.05) is 28.1 Å². The molecule has 0 saturated heterocycles. The normalized spacial score (nSPS) is 10.8. The van der Waals surface area contributed by atoms with Crippen molar-refractivity contribution in [2.75, 3.05) is 5.32 Å². The van der Waals surface area contributed by atoms with Crippen molar-refractivity contribution in [2.45, 2.75) is 0 Å². The molecule has 6 heteroatoms. The summed E-state index contributed by atoms with van der Waals surface area (Å²) >= 11 is 4.64. The highest BCUT2D eigenvalue weighted by molar-refractivity contribution is 9.10. The van der Waals surface area contributed by atoms with Crippen molar-refractivity contribution < 1.29 is 4.79 Å². The number of anilines is 1. The van der Waals surface area contributed by atoms with Gasteiger partial charge in [-0.3, -0.25) is 10.1 Å². The average molecular weight is 334 g/mol. The summed E-state index contributed by atoms with van der Waals surface area (Å²) in [6, 6.07) is 9.25. The number of benzene rings is 1. The minimum absolute atomic E-state index is 0.0355. The highest BCUT2D eigenvalue weighted by Crippen LogP contribution is 2.16. The Hall–Kier alpha value is -1.97. The molecule has 1 heterocycles. The predicted octanol–water partition coefficient (Wildman–Crippen LogP) is 3.45. The molecule has 4 nitrogen and oxygen atoms in total. The Labute approximate surface area is 122 Å². The van der Waals surface area contributed by atoms with Crippen molar-refractivity contribution in [3.63, 3.8) is 0 Å². The highest BCUT2D eigenvalue weighted by Gasteiger charge is 2.10. The number of rotatable bonds is 3. The third-order valence-corrected chi connectivity index (χ3v) is 3.36. The van der Waals surface area contributed by atoms with Gasteiger partial charge in [0, 0.05) is 16.0 Å². The Morgan fingerprint density at radius 1 is 1.53 bits per heavy atom. The second-order valence-electron chi connectivity index (χ2n) is 3.52. The fraction of sp³-hybridized carbons (Fsp3) is 0. The average Bonchev–Trinajstić information content (AvgIpc) is 2.88. The predicted molar refractivity (Wildman–Crippen MR) is 78.5 cm³/mol. The summed E-state index contributed by atoms with van der Waals surface area (Å²) in [6.07, 6.45) is 3.12. The lowest BCUT2D eigenvalue weighted by atomic mass is 10.1. The molecule has 2 aromatic rings. The number of hydrogen-bond donors (Lipinski definition) is 1. The lowest BCUT2D eigenvalue weighted by Gasteiger charge is -2.00. The first kappa shape index (κ1) is 13.5. The maximum atomic E-state index is 11.9. The summed E-state index contributed by atoms with van der Waals surface area (Å²) in [5.41, 5.74) is 0.813. The van der Waals surface area contributed by atoms with Crippen LogP contribution in [0.1, 0.15) is 5.56 Å². The summed E-state index contributed by atoms with van der Waals surface area (Å²) in [5.74, 6) is -0.461. The number of thiazole rings is 1. The first-order chi connectivity index (χ1) is 9.19. The van der Waals surface area contributed by atoms with Crippen molar-refractivity contribution in [3.8, 4) is 6.07 Å². The van der Waals surface area contributed by atoms with Gasteiger partial charge in [-0.05, 0) is 23.8 Å². The lowest BCUT2D eigenvalue weighted by Crippen LogP contribution is -2.13. The Morgan fingerprint density at radius 3 is 3.00 bits per heavy atom. The Kier molecular flexibility index (Phi) is 4.44. The zero-order chi connectivity index (χ0) is 13.7. The Morgan fingerprint density at radius 2 is 2.37 bits per heavy atom. The van der Waals surface area contributed by atoms with Crippen molar-refractivity contribution in [1.29, 1.82) is 5.26 Å². The van der Waals surface area contributed by atoms with E-state index < -0.39 is 5.91 Å². The van der Waals surface area contributed by atoms with Crippen LogP contribution in [0.4, 0.5) is 5.13 Å². The Balaban J connectivity index is 2.20. The number of carbonyl (C=O) groups is 1. The lowest BCUT2D eigenvalue weighted by molar-refractivity contribution is -0.112. The van der Waals surface area contributed by atoms with Crippen molar-refractivity contribution >= 4 is 44.4 Å². The zero-order valence-corrected chi connectivity index (χ0v) is 12.0.